The zero-order chi connectivity index (χ0) is 8.81. The Morgan fingerprint density at radius 1 is 1.67 bits per heavy atom. The molecule has 0 N–H and O–H groups in total. The molecule has 12 heavy (non-hydrogen) atoms. The van der Waals surface area contributed by atoms with E-state index in [0.717, 1.165) is 0 Å². The average molecular weight is 159 g/mol. The monoisotopic (exact) mass is 159 g/mol. The summed E-state index contributed by atoms with van der Waals surface area (Å²) < 4.78 is 0. The van der Waals surface area contributed by atoms with Gasteiger partial charge in [0.05, 0.1) is 12.1 Å². The van der Waals surface area contributed by atoms with Crippen LogP contribution in [0.1, 0.15) is 11.3 Å². The maximum absolute atomic E-state index is 8.43. The lowest BCUT2D eigenvalue weighted by atomic mass is 10.3. The number of pyridine rings is 1. The summed E-state index contributed by atoms with van der Waals surface area (Å²) >= 11 is 0. The van der Waals surface area contributed by atoms with Crippen molar-refractivity contribution in [2.45, 2.75) is 6.54 Å². The molecule has 0 spiro atoms. The second kappa shape index (κ2) is 3.96. The van der Waals surface area contributed by atoms with Gasteiger partial charge in [0.2, 0.25) is 0 Å². The summed E-state index contributed by atoms with van der Waals surface area (Å²) in [6.45, 7) is 0.224. The summed E-state index contributed by atoms with van der Waals surface area (Å²) in [5, 5.41) is 11.8. The van der Waals surface area contributed by atoms with Gasteiger partial charge < -0.3 is 0 Å². The van der Waals surface area contributed by atoms with Crippen molar-refractivity contribution in [3.63, 3.8) is 0 Å². The number of nitrogens with zero attached hydrogens (tertiary/aromatic N) is 5. The third-order valence-electron chi connectivity index (χ3n) is 1.25. The number of nitriles is 1. The normalized spacial score (nSPS) is 8.25. The summed E-state index contributed by atoms with van der Waals surface area (Å²) in [5.41, 5.74) is 9.17. The van der Waals surface area contributed by atoms with Gasteiger partial charge in [-0.25, -0.2) is 0 Å². The number of hydrogen-bond acceptors (Lipinski definition) is 3. The molecule has 5 nitrogen and oxygen atoms in total. The van der Waals surface area contributed by atoms with E-state index in [9.17, 15) is 0 Å². The predicted octanol–water partition coefficient (Wildman–Crippen LogP) is 1.76. The highest BCUT2D eigenvalue weighted by Gasteiger charge is 1.92. The van der Waals surface area contributed by atoms with Crippen molar-refractivity contribution < 1.29 is 0 Å². The van der Waals surface area contributed by atoms with E-state index >= 15 is 0 Å². The van der Waals surface area contributed by atoms with Gasteiger partial charge in [-0.1, -0.05) is 5.11 Å². The molecule has 0 fully saturated rings. The maximum Gasteiger partial charge on any atom is 0.101 e. The van der Waals surface area contributed by atoms with Gasteiger partial charge in [-0.15, -0.1) is 0 Å². The van der Waals surface area contributed by atoms with Crippen LogP contribution in [0.25, 0.3) is 10.4 Å². The first-order valence-corrected chi connectivity index (χ1v) is 3.22. The van der Waals surface area contributed by atoms with Crippen molar-refractivity contribution >= 4 is 0 Å². The Kier molecular flexibility index (Phi) is 2.66. The standard InChI is InChI=1S/C7H5N5/c8-3-6-1-2-7(10-4-6)5-11-12-9/h1-2,4H,5H2. The number of azide groups is 1. The summed E-state index contributed by atoms with van der Waals surface area (Å²) in [6, 6.07) is 5.24. The van der Waals surface area contributed by atoms with E-state index in [1.807, 2.05) is 6.07 Å². The second-order valence-electron chi connectivity index (χ2n) is 2.04. The molecule has 0 radical (unpaired) electrons. The first-order valence-electron chi connectivity index (χ1n) is 3.22. The highest BCUT2D eigenvalue weighted by molar-refractivity contribution is 5.26. The second-order valence-corrected chi connectivity index (χ2v) is 2.04. The fraction of sp³-hybridized carbons (Fsp3) is 0.143. The third kappa shape index (κ3) is 1.97. The van der Waals surface area contributed by atoms with Crippen molar-refractivity contribution in [1.82, 2.24) is 4.98 Å². The van der Waals surface area contributed by atoms with Crippen LogP contribution in [-0.4, -0.2) is 4.98 Å². The van der Waals surface area contributed by atoms with Gasteiger partial charge >= 0.3 is 0 Å². The number of hydrogen-bond donors (Lipinski definition) is 0. The van der Waals surface area contributed by atoms with Gasteiger partial charge in [0.1, 0.15) is 6.07 Å². The van der Waals surface area contributed by atoms with Crippen molar-refractivity contribution in [3.8, 4) is 6.07 Å². The molecule has 1 rings (SSSR count). The van der Waals surface area contributed by atoms with Gasteiger partial charge in [0, 0.05) is 16.8 Å². The molecule has 0 bridgehead atoms. The average Bonchev–Trinajstić information content (AvgIpc) is 2.15. The number of aromatic nitrogens is 1. The minimum atomic E-state index is 0.224. The Labute approximate surface area is 68.9 Å². The summed E-state index contributed by atoms with van der Waals surface area (Å²) in [6.07, 6.45) is 1.45. The first-order chi connectivity index (χ1) is 5.86. The van der Waals surface area contributed by atoms with Gasteiger partial charge in [-0.05, 0) is 17.7 Å². The van der Waals surface area contributed by atoms with E-state index < -0.39 is 0 Å². The third-order valence-corrected chi connectivity index (χ3v) is 1.25. The van der Waals surface area contributed by atoms with Crippen molar-refractivity contribution in [1.29, 1.82) is 5.26 Å². The fourth-order valence-corrected chi connectivity index (χ4v) is 0.688. The zero-order valence-corrected chi connectivity index (χ0v) is 6.18. The summed E-state index contributed by atoms with van der Waals surface area (Å²) in [4.78, 5) is 6.49. The fourth-order valence-electron chi connectivity index (χ4n) is 0.688. The molecule has 0 aliphatic rings. The van der Waals surface area contributed by atoms with E-state index in [2.05, 4.69) is 15.0 Å². The molecule has 5 heteroatoms. The predicted molar refractivity (Wildman–Crippen MR) is 41.8 cm³/mol. The van der Waals surface area contributed by atoms with E-state index in [1.54, 1.807) is 12.1 Å². The Hall–Kier alpha value is -2.05. The molecule has 0 saturated carbocycles. The molecule has 0 atom stereocenters. The molecule has 0 aliphatic heterocycles. The van der Waals surface area contributed by atoms with Crippen LogP contribution in [0.3, 0.4) is 0 Å². The molecule has 58 valence electrons. The van der Waals surface area contributed by atoms with Crippen molar-refractivity contribution in [2.24, 2.45) is 5.11 Å². The van der Waals surface area contributed by atoms with Crippen LogP contribution in [0.15, 0.2) is 23.4 Å². The molecule has 0 saturated heterocycles. The summed E-state index contributed by atoms with van der Waals surface area (Å²) in [7, 11) is 0. The van der Waals surface area contributed by atoms with Crippen molar-refractivity contribution in [3.05, 3.63) is 40.0 Å². The highest BCUT2D eigenvalue weighted by atomic mass is 15.1. The van der Waals surface area contributed by atoms with Gasteiger partial charge in [0.15, 0.2) is 0 Å². The van der Waals surface area contributed by atoms with E-state index in [-0.39, 0.29) is 6.54 Å². The van der Waals surface area contributed by atoms with Crippen molar-refractivity contribution in [2.75, 3.05) is 0 Å². The van der Waals surface area contributed by atoms with E-state index in [4.69, 9.17) is 10.8 Å². The molecule has 1 heterocycles. The topological polar surface area (TPSA) is 85.4 Å². The maximum atomic E-state index is 8.43. The first kappa shape index (κ1) is 8.05. The molecule has 0 aliphatic carbocycles. The number of rotatable bonds is 2. The quantitative estimate of drug-likeness (QED) is 0.374. The Bertz CT molecular complexity index is 341. The SMILES string of the molecule is N#Cc1ccc(CN=[N+]=[N-])nc1. The van der Waals surface area contributed by atoms with Gasteiger partial charge in [-0.2, -0.15) is 5.26 Å². The zero-order valence-electron chi connectivity index (χ0n) is 6.18. The highest BCUT2D eigenvalue weighted by Crippen LogP contribution is 1.99. The summed E-state index contributed by atoms with van der Waals surface area (Å²) in [5.74, 6) is 0. The Morgan fingerprint density at radius 3 is 3.00 bits per heavy atom. The van der Waals surface area contributed by atoms with E-state index in [1.165, 1.54) is 6.20 Å². The van der Waals surface area contributed by atoms with Gasteiger partial charge in [0.25, 0.3) is 0 Å². The van der Waals surface area contributed by atoms with Crippen LogP contribution in [0.2, 0.25) is 0 Å². The molecular weight excluding hydrogens is 154 g/mol. The van der Waals surface area contributed by atoms with Crippen LogP contribution in [-0.2, 0) is 6.54 Å². The van der Waals surface area contributed by atoms with Crippen LogP contribution >= 0.6 is 0 Å². The Balaban J connectivity index is 2.79. The molecule has 0 aromatic carbocycles. The van der Waals surface area contributed by atoms with E-state index in [0.29, 0.717) is 11.3 Å². The lowest BCUT2D eigenvalue weighted by Gasteiger charge is -1.92. The van der Waals surface area contributed by atoms with Crippen LogP contribution < -0.4 is 0 Å². The molecule has 0 unspecified atom stereocenters. The molecule has 1 aromatic heterocycles. The smallest absolute Gasteiger partial charge is 0.101 e. The lowest BCUT2D eigenvalue weighted by Crippen LogP contribution is -1.86. The minimum Gasteiger partial charge on any atom is -0.260 e. The molecule has 1 aromatic rings. The Morgan fingerprint density at radius 2 is 2.50 bits per heavy atom. The molecule has 0 amide bonds. The van der Waals surface area contributed by atoms with Crippen LogP contribution in [0.5, 0.6) is 0 Å². The largest absolute Gasteiger partial charge is 0.260 e. The van der Waals surface area contributed by atoms with Gasteiger partial charge in [-0.3, -0.25) is 4.98 Å². The van der Waals surface area contributed by atoms with Crippen LogP contribution in [0.4, 0.5) is 0 Å². The van der Waals surface area contributed by atoms with Crippen LogP contribution in [0, 0.1) is 11.3 Å². The molecular formula is C7H5N5. The minimum absolute atomic E-state index is 0.224. The lowest BCUT2D eigenvalue weighted by molar-refractivity contribution is 0.974.